The van der Waals surface area contributed by atoms with E-state index in [0.29, 0.717) is 0 Å². The van der Waals surface area contributed by atoms with Crippen molar-refractivity contribution in [2.24, 2.45) is 5.73 Å². The summed E-state index contributed by atoms with van der Waals surface area (Å²) in [5.41, 5.74) is 8.32. The van der Waals surface area contributed by atoms with Gasteiger partial charge in [0, 0.05) is 15.9 Å². The van der Waals surface area contributed by atoms with Crippen molar-refractivity contribution in [3.8, 4) is 0 Å². The fourth-order valence-corrected chi connectivity index (χ4v) is 3.21. The lowest BCUT2D eigenvalue weighted by Gasteiger charge is -2.26. The second kappa shape index (κ2) is 10.9. The highest BCUT2D eigenvalue weighted by molar-refractivity contribution is 9.10. The molecular weight excluding hydrogens is 380 g/mol. The van der Waals surface area contributed by atoms with Gasteiger partial charge in [-0.1, -0.05) is 46.6 Å². The molecule has 2 N–H and O–H groups in total. The van der Waals surface area contributed by atoms with Crippen LogP contribution in [0.15, 0.2) is 57.9 Å². The van der Waals surface area contributed by atoms with Crippen LogP contribution in [0.1, 0.15) is 30.4 Å². The quantitative estimate of drug-likeness (QED) is 0.705. The molecule has 4 heteroatoms. The molecule has 0 amide bonds. The topological polar surface area (TPSA) is 29.3 Å². The first-order valence-corrected chi connectivity index (χ1v) is 9.86. The van der Waals surface area contributed by atoms with E-state index in [0.717, 1.165) is 28.9 Å². The van der Waals surface area contributed by atoms with Gasteiger partial charge in [0.1, 0.15) is 0 Å². The molecule has 0 radical (unpaired) electrons. The minimum absolute atomic E-state index is 0.742. The first-order chi connectivity index (χ1) is 11.7. The van der Waals surface area contributed by atoms with Gasteiger partial charge < -0.3 is 5.73 Å². The Morgan fingerprint density at radius 1 is 0.875 bits per heavy atom. The Labute approximate surface area is 160 Å². The maximum atomic E-state index is 5.54. The van der Waals surface area contributed by atoms with Crippen molar-refractivity contribution in [3.63, 3.8) is 0 Å². The monoisotopic (exact) mass is 406 g/mol. The lowest BCUT2D eigenvalue weighted by molar-refractivity contribution is 0.221. The number of nitrogens with two attached hydrogens (primary N) is 1. The van der Waals surface area contributed by atoms with Crippen LogP contribution in [-0.2, 0) is 13.0 Å². The smallest absolute Gasteiger partial charge is 0.0233 e. The maximum absolute atomic E-state index is 5.54. The number of hydrogen-bond acceptors (Lipinski definition) is 3. The van der Waals surface area contributed by atoms with E-state index in [4.69, 9.17) is 5.73 Å². The van der Waals surface area contributed by atoms with Crippen molar-refractivity contribution in [2.75, 3.05) is 19.6 Å². The minimum Gasteiger partial charge on any atom is -0.330 e. The van der Waals surface area contributed by atoms with Gasteiger partial charge in [0.05, 0.1) is 0 Å². The normalized spacial score (nSPS) is 14.8. The molecular formula is C20H27BrN2S. The molecule has 0 aromatic heterocycles. The van der Waals surface area contributed by atoms with Crippen molar-refractivity contribution in [1.82, 2.24) is 4.90 Å². The van der Waals surface area contributed by atoms with Gasteiger partial charge in [0.2, 0.25) is 0 Å². The highest BCUT2D eigenvalue weighted by atomic mass is 79.9. The Morgan fingerprint density at radius 3 is 2.00 bits per heavy atom. The SMILES string of the molecule is NCCc1ccc(CN2CCCCC2)cc1.Sc1ccc(Br)cc1. The zero-order valence-corrected chi connectivity index (χ0v) is 16.6. The fourth-order valence-electron chi connectivity index (χ4n) is 2.79. The van der Waals surface area contributed by atoms with Gasteiger partial charge in [-0.15, -0.1) is 12.6 Å². The number of piperidine rings is 1. The summed E-state index contributed by atoms with van der Waals surface area (Å²) in [7, 11) is 0. The van der Waals surface area contributed by atoms with E-state index in [-0.39, 0.29) is 0 Å². The lowest BCUT2D eigenvalue weighted by Crippen LogP contribution is -2.29. The Kier molecular flexibility index (Phi) is 8.89. The van der Waals surface area contributed by atoms with Gasteiger partial charge in [-0.2, -0.15) is 0 Å². The summed E-state index contributed by atoms with van der Waals surface area (Å²) in [4.78, 5) is 3.55. The molecule has 24 heavy (non-hydrogen) atoms. The van der Waals surface area contributed by atoms with Gasteiger partial charge in [-0.3, -0.25) is 4.90 Å². The predicted molar refractivity (Wildman–Crippen MR) is 110 cm³/mol. The second-order valence-electron chi connectivity index (χ2n) is 6.17. The van der Waals surface area contributed by atoms with Crippen LogP contribution in [0.2, 0.25) is 0 Å². The molecule has 3 rings (SSSR count). The highest BCUT2D eigenvalue weighted by Gasteiger charge is 2.09. The van der Waals surface area contributed by atoms with E-state index >= 15 is 0 Å². The van der Waals surface area contributed by atoms with Gasteiger partial charge in [0.25, 0.3) is 0 Å². The van der Waals surface area contributed by atoms with Crippen LogP contribution >= 0.6 is 28.6 Å². The molecule has 0 spiro atoms. The molecule has 0 unspecified atom stereocenters. The molecule has 1 aliphatic rings. The van der Waals surface area contributed by atoms with Crippen LogP contribution < -0.4 is 5.73 Å². The molecule has 2 nitrogen and oxygen atoms in total. The van der Waals surface area contributed by atoms with Crippen molar-refractivity contribution in [1.29, 1.82) is 0 Å². The van der Waals surface area contributed by atoms with Crippen LogP contribution in [0.4, 0.5) is 0 Å². The van der Waals surface area contributed by atoms with Gasteiger partial charge in [-0.05, 0) is 74.3 Å². The molecule has 0 atom stereocenters. The van der Waals surface area contributed by atoms with Crippen LogP contribution in [-0.4, -0.2) is 24.5 Å². The van der Waals surface area contributed by atoms with E-state index in [1.165, 1.54) is 43.5 Å². The van der Waals surface area contributed by atoms with E-state index in [9.17, 15) is 0 Å². The number of likely N-dealkylation sites (tertiary alicyclic amines) is 1. The van der Waals surface area contributed by atoms with Crippen molar-refractivity contribution in [2.45, 2.75) is 37.1 Å². The first kappa shape index (κ1) is 19.5. The lowest BCUT2D eigenvalue weighted by atomic mass is 10.1. The van der Waals surface area contributed by atoms with Crippen molar-refractivity contribution in [3.05, 3.63) is 64.1 Å². The molecule has 0 aliphatic carbocycles. The van der Waals surface area contributed by atoms with Gasteiger partial charge in [0.15, 0.2) is 0 Å². The summed E-state index contributed by atoms with van der Waals surface area (Å²) in [6.07, 6.45) is 5.13. The second-order valence-corrected chi connectivity index (χ2v) is 7.60. The van der Waals surface area contributed by atoms with Crippen LogP contribution in [0, 0.1) is 0 Å². The van der Waals surface area contributed by atoms with Crippen LogP contribution in [0.25, 0.3) is 0 Å². The molecule has 1 heterocycles. The summed E-state index contributed by atoms with van der Waals surface area (Å²) in [5.74, 6) is 0. The highest BCUT2D eigenvalue weighted by Crippen LogP contribution is 2.14. The number of rotatable bonds is 4. The molecule has 1 aliphatic heterocycles. The van der Waals surface area contributed by atoms with Crippen molar-refractivity contribution < 1.29 is 0 Å². The first-order valence-electron chi connectivity index (χ1n) is 8.62. The minimum atomic E-state index is 0.742. The Bertz CT molecular complexity index is 557. The summed E-state index contributed by atoms with van der Waals surface area (Å²) >= 11 is 7.42. The Morgan fingerprint density at radius 2 is 1.46 bits per heavy atom. The third kappa shape index (κ3) is 7.39. The van der Waals surface area contributed by atoms with Gasteiger partial charge >= 0.3 is 0 Å². The average molecular weight is 407 g/mol. The van der Waals surface area contributed by atoms with E-state index < -0.39 is 0 Å². The fraction of sp³-hybridized carbons (Fsp3) is 0.400. The molecule has 2 aromatic rings. The standard InChI is InChI=1S/C14H22N2.C6H5BrS/c15-9-8-13-4-6-14(7-5-13)12-16-10-2-1-3-11-16;7-5-1-3-6(8)4-2-5/h4-7H,1-3,8-12,15H2;1-4,8H. The molecule has 130 valence electrons. The van der Waals surface area contributed by atoms with Crippen LogP contribution in [0.5, 0.6) is 0 Å². The largest absolute Gasteiger partial charge is 0.330 e. The molecule has 1 fully saturated rings. The third-order valence-electron chi connectivity index (χ3n) is 4.14. The number of nitrogens with zero attached hydrogens (tertiary/aromatic N) is 1. The Balaban J connectivity index is 0.000000219. The molecule has 2 aromatic carbocycles. The summed E-state index contributed by atoms with van der Waals surface area (Å²) in [6.45, 7) is 4.39. The zero-order valence-electron chi connectivity index (χ0n) is 14.1. The molecule has 0 bridgehead atoms. The third-order valence-corrected chi connectivity index (χ3v) is 4.96. The molecule has 0 saturated carbocycles. The maximum Gasteiger partial charge on any atom is 0.0233 e. The van der Waals surface area contributed by atoms with E-state index in [2.05, 4.69) is 57.7 Å². The van der Waals surface area contributed by atoms with E-state index in [1.54, 1.807) is 0 Å². The summed E-state index contributed by atoms with van der Waals surface area (Å²) in [6, 6.07) is 16.7. The predicted octanol–water partition coefficient (Wildman–Crippen LogP) is 4.91. The van der Waals surface area contributed by atoms with Gasteiger partial charge in [-0.25, -0.2) is 0 Å². The zero-order chi connectivity index (χ0) is 17.2. The average Bonchev–Trinajstić information content (AvgIpc) is 2.61. The molecule has 1 saturated heterocycles. The summed E-state index contributed by atoms with van der Waals surface area (Å²) in [5, 5.41) is 0. The van der Waals surface area contributed by atoms with Crippen molar-refractivity contribution >= 4 is 28.6 Å². The number of halogens is 1. The van der Waals surface area contributed by atoms with E-state index in [1.807, 2.05) is 24.3 Å². The van der Waals surface area contributed by atoms with Crippen LogP contribution in [0.3, 0.4) is 0 Å². The number of hydrogen-bond donors (Lipinski definition) is 2. The Hall–Kier alpha value is -0.810. The number of benzene rings is 2. The number of thiol groups is 1. The summed E-state index contributed by atoms with van der Waals surface area (Å²) < 4.78 is 1.09.